The molecule has 0 saturated heterocycles. The molecule has 3 aromatic rings. The van der Waals surface area contributed by atoms with E-state index in [1.807, 2.05) is 0 Å². The van der Waals surface area contributed by atoms with Crippen LogP contribution < -0.4 is 9.47 Å². The smallest absolute Gasteiger partial charge is 0.309 e. The summed E-state index contributed by atoms with van der Waals surface area (Å²) in [6.07, 6.45) is 0. The van der Waals surface area contributed by atoms with Crippen LogP contribution in [-0.4, -0.2) is 23.6 Å². The molecule has 3 rings (SSSR count). The molecule has 0 bridgehead atoms. The molecule has 27 heavy (non-hydrogen) atoms. The van der Waals surface area contributed by atoms with Gasteiger partial charge in [-0.2, -0.15) is 0 Å². The molecule has 0 aliphatic rings. The number of non-ortho nitro benzene ring substituents is 1. The number of carbonyl (C=O) groups excluding carboxylic acids is 1. The van der Waals surface area contributed by atoms with Crippen molar-refractivity contribution in [3.63, 3.8) is 0 Å². The van der Waals surface area contributed by atoms with Crippen molar-refractivity contribution in [1.82, 2.24) is 0 Å². The van der Waals surface area contributed by atoms with Crippen LogP contribution in [0.2, 0.25) is 0 Å². The van der Waals surface area contributed by atoms with Crippen LogP contribution in [0.3, 0.4) is 0 Å². The van der Waals surface area contributed by atoms with E-state index in [-0.39, 0.29) is 17.2 Å². The quantitative estimate of drug-likeness (QED) is 0.148. The third-order valence-electron chi connectivity index (χ3n) is 3.77. The van der Waals surface area contributed by atoms with Gasteiger partial charge in [-0.3, -0.25) is 14.9 Å². The maximum Gasteiger partial charge on any atom is 0.309 e. The molecule has 0 radical (unpaired) electrons. The fourth-order valence-electron chi connectivity index (χ4n) is 2.32. The number of ketones is 1. The van der Waals surface area contributed by atoms with Gasteiger partial charge in [-0.15, -0.1) is 4.73 Å². The summed E-state index contributed by atoms with van der Waals surface area (Å²) in [5.41, 5.74) is 1.57. The maximum absolute atomic E-state index is 12.5. The van der Waals surface area contributed by atoms with Gasteiger partial charge in [-0.1, -0.05) is 11.3 Å². The van der Waals surface area contributed by atoms with Gasteiger partial charge in [0.15, 0.2) is 5.78 Å². The van der Waals surface area contributed by atoms with E-state index in [1.165, 1.54) is 35.6 Å². The summed E-state index contributed by atoms with van der Waals surface area (Å²) in [5.74, 6) is 0.576. The first-order valence-corrected chi connectivity index (χ1v) is 9.62. The fourth-order valence-corrected chi connectivity index (χ4v) is 4.19. The van der Waals surface area contributed by atoms with Crippen LogP contribution in [0.1, 0.15) is 10.4 Å². The molecule has 0 amide bonds. The van der Waals surface area contributed by atoms with E-state index in [0.29, 0.717) is 21.3 Å². The number of benzene rings is 2. The molecule has 0 aliphatic heterocycles. The molecule has 0 aliphatic carbocycles. The molecule has 2 aromatic carbocycles. The number of Topliss-reactive ketones (excluding diaryl/α,β-unsaturated/α-hetero) is 1. The summed E-state index contributed by atoms with van der Waals surface area (Å²) in [7, 11) is 1.57. The summed E-state index contributed by atoms with van der Waals surface area (Å²) in [6, 6.07) is 12.6. The number of aromatic nitrogens is 1. The number of hydrogen-bond donors (Lipinski definition) is 0. The minimum absolute atomic E-state index is 0.0704. The lowest BCUT2D eigenvalue weighted by atomic mass is 10.1. The highest BCUT2D eigenvalue weighted by atomic mass is 32.2. The molecule has 1 heterocycles. The van der Waals surface area contributed by atoms with E-state index in [1.54, 1.807) is 36.8 Å². The van der Waals surface area contributed by atoms with Gasteiger partial charge in [0, 0.05) is 23.3 Å². The Hall–Kier alpha value is -2.91. The van der Waals surface area contributed by atoms with Crippen LogP contribution in [0.15, 0.2) is 58.3 Å². The Kier molecular flexibility index (Phi) is 5.72. The van der Waals surface area contributed by atoms with Gasteiger partial charge >= 0.3 is 4.34 Å². The van der Waals surface area contributed by atoms with Crippen molar-refractivity contribution in [2.45, 2.75) is 4.34 Å². The van der Waals surface area contributed by atoms with Crippen molar-refractivity contribution in [2.24, 2.45) is 0 Å². The van der Waals surface area contributed by atoms with E-state index in [2.05, 4.69) is 0 Å². The number of rotatable bonds is 7. The first-order valence-electron chi connectivity index (χ1n) is 7.75. The summed E-state index contributed by atoms with van der Waals surface area (Å²) in [4.78, 5) is 22.4. The van der Waals surface area contributed by atoms with Crippen molar-refractivity contribution in [3.8, 4) is 17.0 Å². The molecule has 0 atom stereocenters. The standard InChI is InChI=1S/C18H14N2O5S2/c1-25-15-8-4-12(5-9-15)16-10-26-18(19(16)22)27-11-17(21)13-2-6-14(7-3-13)20(23)24/h2-10H,11H2,1H3. The van der Waals surface area contributed by atoms with E-state index in [9.17, 15) is 20.1 Å². The third-order valence-corrected chi connectivity index (χ3v) is 5.94. The molecule has 0 fully saturated rings. The lowest BCUT2D eigenvalue weighted by Crippen LogP contribution is -2.28. The first kappa shape index (κ1) is 18.9. The van der Waals surface area contributed by atoms with Crippen molar-refractivity contribution in [2.75, 3.05) is 12.9 Å². The normalized spacial score (nSPS) is 10.6. The van der Waals surface area contributed by atoms with E-state index >= 15 is 0 Å². The zero-order valence-corrected chi connectivity index (χ0v) is 15.8. The highest BCUT2D eigenvalue weighted by molar-refractivity contribution is 8.01. The summed E-state index contributed by atoms with van der Waals surface area (Å²) in [6.45, 7) is 0. The largest absolute Gasteiger partial charge is 0.617 e. The maximum atomic E-state index is 12.5. The number of nitro groups is 1. The Morgan fingerprint density at radius 1 is 1.19 bits per heavy atom. The Labute approximate surface area is 163 Å². The van der Waals surface area contributed by atoms with Crippen LogP contribution in [0.4, 0.5) is 5.69 Å². The van der Waals surface area contributed by atoms with Crippen LogP contribution in [0, 0.1) is 15.3 Å². The molecule has 0 spiro atoms. The van der Waals surface area contributed by atoms with Crippen LogP contribution in [0.25, 0.3) is 11.3 Å². The van der Waals surface area contributed by atoms with Crippen molar-refractivity contribution < 1.29 is 19.2 Å². The minimum Gasteiger partial charge on any atom is -0.617 e. The van der Waals surface area contributed by atoms with Crippen LogP contribution >= 0.6 is 23.1 Å². The monoisotopic (exact) mass is 402 g/mol. The number of ether oxygens (including phenoxy) is 1. The molecule has 0 saturated carbocycles. The third kappa shape index (κ3) is 4.26. The van der Waals surface area contributed by atoms with Gasteiger partial charge in [0.2, 0.25) is 5.69 Å². The predicted octanol–water partition coefficient (Wildman–Crippen LogP) is 3.94. The van der Waals surface area contributed by atoms with E-state index in [0.717, 1.165) is 22.1 Å². The lowest BCUT2D eigenvalue weighted by molar-refractivity contribution is -0.626. The summed E-state index contributed by atoms with van der Waals surface area (Å²) in [5, 5.41) is 24.9. The van der Waals surface area contributed by atoms with Gasteiger partial charge in [-0.25, -0.2) is 0 Å². The first-order chi connectivity index (χ1) is 13.0. The molecule has 0 unspecified atom stereocenters. The number of hydrogen-bond acceptors (Lipinski definition) is 7. The molecule has 9 heteroatoms. The topological polar surface area (TPSA) is 96.4 Å². The second-order valence-corrected chi connectivity index (χ2v) is 7.51. The average molecular weight is 402 g/mol. The van der Waals surface area contributed by atoms with Gasteiger partial charge < -0.3 is 9.94 Å². The second kappa shape index (κ2) is 8.19. The zero-order chi connectivity index (χ0) is 19.4. The second-order valence-electron chi connectivity index (χ2n) is 5.43. The minimum atomic E-state index is -0.518. The van der Waals surface area contributed by atoms with Crippen molar-refractivity contribution in [3.05, 3.63) is 74.8 Å². The number of nitro benzene ring substituents is 1. The highest BCUT2D eigenvalue weighted by Gasteiger charge is 2.19. The molecule has 1 aromatic heterocycles. The molecular formula is C18H14N2O5S2. The Morgan fingerprint density at radius 3 is 2.44 bits per heavy atom. The lowest BCUT2D eigenvalue weighted by Gasteiger charge is -2.03. The zero-order valence-electron chi connectivity index (χ0n) is 14.2. The van der Waals surface area contributed by atoms with Gasteiger partial charge in [0.05, 0.1) is 23.2 Å². The number of thiazole rings is 1. The highest BCUT2D eigenvalue weighted by Crippen LogP contribution is 2.28. The Morgan fingerprint density at radius 2 is 1.85 bits per heavy atom. The van der Waals surface area contributed by atoms with Gasteiger partial charge in [0.1, 0.15) is 5.75 Å². The molecule has 0 N–H and O–H groups in total. The summed E-state index contributed by atoms with van der Waals surface area (Å²) < 4.78 is 6.37. The Bertz CT molecular complexity index is 968. The van der Waals surface area contributed by atoms with E-state index < -0.39 is 4.92 Å². The van der Waals surface area contributed by atoms with Crippen LogP contribution in [-0.2, 0) is 0 Å². The number of methoxy groups -OCH3 is 1. The summed E-state index contributed by atoms with van der Waals surface area (Å²) >= 11 is 2.41. The molecular weight excluding hydrogens is 388 g/mol. The van der Waals surface area contributed by atoms with E-state index in [4.69, 9.17) is 4.74 Å². The van der Waals surface area contributed by atoms with Crippen LogP contribution in [0.5, 0.6) is 5.75 Å². The van der Waals surface area contributed by atoms with Crippen molar-refractivity contribution >= 4 is 34.6 Å². The number of thioether (sulfide) groups is 1. The molecule has 138 valence electrons. The predicted molar refractivity (Wildman–Crippen MR) is 103 cm³/mol. The Balaban J connectivity index is 1.68. The average Bonchev–Trinajstić information content (AvgIpc) is 3.06. The fraction of sp³-hybridized carbons (Fsp3) is 0.111. The SMILES string of the molecule is COc1ccc(-c2csc(SCC(=O)c3ccc([N+](=O)[O-])cc3)[n+]2[O-])cc1. The number of carbonyl (C=O) groups is 1. The molecule has 7 nitrogen and oxygen atoms in total. The van der Waals surface area contributed by atoms with Gasteiger partial charge in [-0.05, 0) is 48.2 Å². The van der Waals surface area contributed by atoms with Crippen molar-refractivity contribution in [1.29, 1.82) is 0 Å². The number of nitrogens with zero attached hydrogens (tertiary/aromatic N) is 2. The van der Waals surface area contributed by atoms with Gasteiger partial charge in [0.25, 0.3) is 5.69 Å².